The summed E-state index contributed by atoms with van der Waals surface area (Å²) in [4.78, 5) is 50.5. The van der Waals surface area contributed by atoms with Gasteiger partial charge in [-0.05, 0) is 69.0 Å². The highest BCUT2D eigenvalue weighted by Crippen LogP contribution is 2.31. The van der Waals surface area contributed by atoms with Crippen LogP contribution in [0.1, 0.15) is 67.9 Å². The zero-order valence-electron chi connectivity index (χ0n) is 27.5. The first-order valence-electron chi connectivity index (χ1n) is 16.0. The topological polar surface area (TPSA) is 170 Å². The molecule has 2 aliphatic rings. The summed E-state index contributed by atoms with van der Waals surface area (Å²) in [6.07, 6.45) is 4.41. The number of benzene rings is 2. The Balaban J connectivity index is 1.24. The van der Waals surface area contributed by atoms with E-state index in [1.54, 1.807) is 63.2 Å². The lowest BCUT2D eigenvalue weighted by molar-refractivity contribution is -0.155. The molecule has 1 heterocycles. The third kappa shape index (κ3) is 11.0. The molecular formula is C36H44N2O10. The van der Waals surface area contributed by atoms with Crippen molar-refractivity contribution in [1.29, 1.82) is 0 Å². The van der Waals surface area contributed by atoms with Crippen LogP contribution >= 0.6 is 0 Å². The van der Waals surface area contributed by atoms with Gasteiger partial charge in [0, 0.05) is 31.4 Å². The molecule has 48 heavy (non-hydrogen) atoms. The van der Waals surface area contributed by atoms with Crippen LogP contribution in [-0.4, -0.2) is 83.9 Å². The number of hydrogen-bond acceptors (Lipinski definition) is 10. The van der Waals surface area contributed by atoms with E-state index in [2.05, 4.69) is 10.6 Å². The molecule has 4 unspecified atom stereocenters. The van der Waals surface area contributed by atoms with E-state index in [1.807, 2.05) is 24.3 Å². The molecule has 0 aromatic heterocycles. The van der Waals surface area contributed by atoms with Gasteiger partial charge in [-0.15, -0.1) is 0 Å². The molecule has 1 aliphatic heterocycles. The predicted octanol–water partition coefficient (Wildman–Crippen LogP) is 3.35. The van der Waals surface area contributed by atoms with Crippen molar-refractivity contribution >= 4 is 29.8 Å². The second-order valence-electron chi connectivity index (χ2n) is 12.7. The van der Waals surface area contributed by atoms with E-state index in [9.17, 15) is 29.4 Å². The number of ether oxygens (including phenoxy) is 4. The molecule has 0 radical (unpaired) electrons. The van der Waals surface area contributed by atoms with E-state index in [-0.39, 0.29) is 51.4 Å². The Morgan fingerprint density at radius 3 is 2.50 bits per heavy atom. The van der Waals surface area contributed by atoms with E-state index in [1.165, 1.54) is 0 Å². The van der Waals surface area contributed by atoms with Crippen LogP contribution in [0.2, 0.25) is 0 Å². The Kier molecular flexibility index (Phi) is 12.9. The number of amides is 2. The summed E-state index contributed by atoms with van der Waals surface area (Å²) in [5, 5.41) is 24.9. The molecular weight excluding hydrogens is 620 g/mol. The Labute approximate surface area is 280 Å². The molecule has 1 saturated heterocycles. The van der Waals surface area contributed by atoms with Crippen molar-refractivity contribution in [1.82, 2.24) is 10.6 Å². The van der Waals surface area contributed by atoms with Crippen LogP contribution in [0.15, 0.2) is 66.3 Å². The Hall–Kier alpha value is -4.52. The fourth-order valence-electron chi connectivity index (χ4n) is 5.26. The van der Waals surface area contributed by atoms with Crippen molar-refractivity contribution in [3.63, 3.8) is 0 Å². The van der Waals surface area contributed by atoms with Gasteiger partial charge in [0.05, 0.1) is 18.2 Å². The third-order valence-corrected chi connectivity index (χ3v) is 7.67. The molecule has 1 aliphatic carbocycles. The maximum Gasteiger partial charge on any atom is 0.338 e. The zero-order chi connectivity index (χ0) is 34.7. The lowest BCUT2D eigenvalue weighted by Gasteiger charge is -2.30. The van der Waals surface area contributed by atoms with Gasteiger partial charge in [-0.1, -0.05) is 42.5 Å². The highest BCUT2D eigenvalue weighted by Gasteiger charge is 2.42. The number of aliphatic hydroxyl groups is 1. The number of esters is 2. The first-order valence-corrected chi connectivity index (χ1v) is 16.0. The fourth-order valence-corrected chi connectivity index (χ4v) is 5.26. The number of nitrogens with one attached hydrogen (secondary N) is 2. The number of hydrogen-bond donors (Lipinski definition) is 4. The highest BCUT2D eigenvalue weighted by molar-refractivity contribution is 5.94. The number of phenols is 1. The Bertz CT molecular complexity index is 1490. The van der Waals surface area contributed by atoms with Gasteiger partial charge in [0.15, 0.2) is 0 Å². The molecule has 4 N–H and O–H groups in total. The first kappa shape index (κ1) is 36.3. The number of aliphatic hydroxyl groups excluding tert-OH is 1. The normalized spacial score (nSPS) is 19.6. The number of carbonyl (C=O) groups is 4. The summed E-state index contributed by atoms with van der Waals surface area (Å²) in [6.45, 7) is 4.95. The number of carbonyl (C=O) groups excluding carboxylic acids is 4. The maximum atomic E-state index is 13.1. The van der Waals surface area contributed by atoms with Crippen LogP contribution in [-0.2, 0) is 39.8 Å². The van der Waals surface area contributed by atoms with Crippen LogP contribution < -0.4 is 10.6 Å². The van der Waals surface area contributed by atoms with Crippen LogP contribution in [0.4, 0.5) is 0 Å². The quantitative estimate of drug-likeness (QED) is 0.220. The second-order valence-corrected chi connectivity index (χ2v) is 12.7. The third-order valence-electron chi connectivity index (χ3n) is 7.67. The first-order chi connectivity index (χ1) is 22.9. The van der Waals surface area contributed by atoms with Gasteiger partial charge in [0.1, 0.15) is 36.5 Å². The van der Waals surface area contributed by atoms with Gasteiger partial charge in [-0.25, -0.2) is 4.79 Å². The van der Waals surface area contributed by atoms with Crippen molar-refractivity contribution in [2.75, 3.05) is 19.9 Å². The van der Waals surface area contributed by atoms with E-state index < -0.39 is 53.7 Å². The molecule has 12 nitrogen and oxygen atoms in total. The van der Waals surface area contributed by atoms with Gasteiger partial charge in [-0.3, -0.25) is 14.4 Å². The summed E-state index contributed by atoms with van der Waals surface area (Å²) in [5.41, 5.74) is 1.74. The smallest absolute Gasteiger partial charge is 0.338 e. The monoisotopic (exact) mass is 664 g/mol. The van der Waals surface area contributed by atoms with E-state index >= 15 is 0 Å². The minimum Gasteiger partial charge on any atom is -0.508 e. The van der Waals surface area contributed by atoms with Crippen molar-refractivity contribution in [2.45, 2.75) is 82.8 Å². The summed E-state index contributed by atoms with van der Waals surface area (Å²) in [7, 11) is 0. The molecule has 12 heteroatoms. The molecule has 2 amide bonds. The van der Waals surface area contributed by atoms with Crippen molar-refractivity contribution in [3.8, 4) is 5.75 Å². The number of phenolic OH excluding ortho intramolecular Hbond substituents is 1. The molecule has 2 aromatic carbocycles. The number of allylic oxidation sites excluding steroid dienone is 1. The average Bonchev–Trinajstić information content (AvgIpc) is 3.53. The number of rotatable bonds is 14. The lowest BCUT2D eigenvalue weighted by atomic mass is 9.91. The molecule has 2 aromatic rings. The van der Waals surface area contributed by atoms with Crippen LogP contribution in [0.5, 0.6) is 5.75 Å². The van der Waals surface area contributed by atoms with Gasteiger partial charge in [0.25, 0.3) is 0 Å². The lowest BCUT2D eigenvalue weighted by Crippen LogP contribution is -2.44. The number of fused-ring (bicyclic) bond motifs is 1. The van der Waals surface area contributed by atoms with Crippen LogP contribution in [0, 0.1) is 0 Å². The fraction of sp³-hybridized carbons (Fsp3) is 0.444. The maximum absolute atomic E-state index is 13.1. The van der Waals surface area contributed by atoms with Crippen LogP contribution in [0.25, 0.3) is 6.08 Å². The molecule has 1 fully saturated rings. The molecule has 4 atom stereocenters. The molecule has 0 spiro atoms. The van der Waals surface area contributed by atoms with Gasteiger partial charge in [-0.2, -0.15) is 0 Å². The summed E-state index contributed by atoms with van der Waals surface area (Å²) in [6, 6.07) is 13.4. The van der Waals surface area contributed by atoms with Crippen LogP contribution in [0.3, 0.4) is 0 Å². The molecule has 258 valence electrons. The van der Waals surface area contributed by atoms with Crippen molar-refractivity contribution in [2.24, 2.45) is 0 Å². The zero-order valence-corrected chi connectivity index (χ0v) is 27.5. The molecule has 0 saturated carbocycles. The van der Waals surface area contributed by atoms with Crippen molar-refractivity contribution < 1.29 is 48.3 Å². The SMILES string of the molecule is CC(C)(C)OC(=O)CCC(CO)NC(=O)CCNC(=O)C1=CC2OCOC2C(OC(=O)c2ccc(C=CCc3ccccc3O)cc2)C1. The number of aromatic hydroxyl groups is 1. The summed E-state index contributed by atoms with van der Waals surface area (Å²) < 4.78 is 22.3. The average molecular weight is 665 g/mol. The standard InChI is InChI=1S/C36H44N2O10/c1-36(2,3)48-32(42)16-15-27(21-39)38-31(41)17-18-37-34(43)26-19-29-33(46-22-45-29)30(20-26)47-35(44)25-13-11-23(12-14-25)7-6-9-24-8-4-5-10-28(24)40/h4-8,10-14,19,27,29-30,33,39-40H,9,15-18,20-22H2,1-3H3,(H,37,43)(H,38,41). The predicted molar refractivity (Wildman–Crippen MR) is 176 cm³/mol. The minimum absolute atomic E-state index is 0.00328. The van der Waals surface area contributed by atoms with Gasteiger partial charge in [0.2, 0.25) is 11.8 Å². The summed E-state index contributed by atoms with van der Waals surface area (Å²) in [5.74, 6) is -1.58. The second kappa shape index (κ2) is 17.0. The summed E-state index contributed by atoms with van der Waals surface area (Å²) >= 11 is 0. The highest BCUT2D eigenvalue weighted by atomic mass is 16.7. The van der Waals surface area contributed by atoms with E-state index in [4.69, 9.17) is 18.9 Å². The largest absolute Gasteiger partial charge is 0.508 e. The van der Waals surface area contributed by atoms with Crippen molar-refractivity contribution in [3.05, 3.63) is 82.9 Å². The molecule has 4 rings (SSSR count). The van der Waals surface area contributed by atoms with E-state index in [0.29, 0.717) is 17.6 Å². The van der Waals surface area contributed by atoms with Gasteiger partial charge >= 0.3 is 11.9 Å². The van der Waals surface area contributed by atoms with Gasteiger partial charge < -0.3 is 39.8 Å². The number of para-hydroxylation sites is 1. The Morgan fingerprint density at radius 1 is 1.04 bits per heavy atom. The Morgan fingerprint density at radius 2 is 1.79 bits per heavy atom. The minimum atomic E-state index is -0.771. The molecule has 0 bridgehead atoms. The van der Waals surface area contributed by atoms with E-state index in [0.717, 1.165) is 11.1 Å².